The highest BCUT2D eigenvalue weighted by atomic mass is 19.1. The summed E-state index contributed by atoms with van der Waals surface area (Å²) in [5.41, 5.74) is 6.47. The summed E-state index contributed by atoms with van der Waals surface area (Å²) in [5.74, 6) is -0.254. The van der Waals surface area contributed by atoms with Crippen molar-refractivity contribution in [1.82, 2.24) is 0 Å². The van der Waals surface area contributed by atoms with Crippen molar-refractivity contribution in [3.05, 3.63) is 60.0 Å². The van der Waals surface area contributed by atoms with Crippen molar-refractivity contribution >= 4 is 5.70 Å². The number of allylic oxidation sites excluding steroid dienone is 4. The molecule has 0 radical (unpaired) electrons. The van der Waals surface area contributed by atoms with Crippen molar-refractivity contribution in [3.63, 3.8) is 0 Å². The van der Waals surface area contributed by atoms with E-state index in [1.807, 2.05) is 6.08 Å². The van der Waals surface area contributed by atoms with Crippen LogP contribution in [0.3, 0.4) is 0 Å². The van der Waals surface area contributed by atoms with Crippen LogP contribution in [-0.2, 0) is 0 Å². The van der Waals surface area contributed by atoms with Crippen LogP contribution < -0.4 is 4.57 Å². The van der Waals surface area contributed by atoms with E-state index in [4.69, 9.17) is 0 Å². The largest absolute Gasteiger partial charge is 0.219 e. The molecule has 0 N–H and O–H groups in total. The highest BCUT2D eigenvalue weighted by Crippen LogP contribution is 2.00. The SMILES string of the molecule is Fc1ccc[n+](C2=CC=C=C=C2)c1. The summed E-state index contributed by atoms with van der Waals surface area (Å²) in [6.45, 7) is 0. The Labute approximate surface area is 75.5 Å². The van der Waals surface area contributed by atoms with Gasteiger partial charge < -0.3 is 0 Å². The average Bonchev–Trinajstić information content (AvgIpc) is 2.19. The Kier molecular flexibility index (Phi) is 1.93. The molecular weight excluding hydrogens is 165 g/mol. The molecule has 0 spiro atoms. The van der Waals surface area contributed by atoms with Gasteiger partial charge in [0, 0.05) is 12.1 Å². The lowest BCUT2D eigenvalue weighted by Crippen LogP contribution is -2.30. The number of rotatable bonds is 1. The van der Waals surface area contributed by atoms with Crippen LogP contribution in [0.5, 0.6) is 0 Å². The van der Waals surface area contributed by atoms with Crippen molar-refractivity contribution in [2.45, 2.75) is 0 Å². The fourth-order valence-electron chi connectivity index (χ4n) is 1.11. The third kappa shape index (κ3) is 1.65. The monoisotopic (exact) mass is 172 g/mol. The maximum absolute atomic E-state index is 12.8. The lowest BCUT2D eigenvalue weighted by Gasteiger charge is -1.94. The topological polar surface area (TPSA) is 3.88 Å². The van der Waals surface area contributed by atoms with Crippen LogP contribution in [0, 0.1) is 5.82 Å². The molecule has 1 aromatic heterocycles. The average molecular weight is 172 g/mol. The lowest BCUT2D eigenvalue weighted by atomic mass is 10.3. The molecule has 1 aromatic rings. The Balaban J connectivity index is 2.43. The van der Waals surface area contributed by atoms with Crippen molar-refractivity contribution in [2.75, 3.05) is 0 Å². The molecule has 62 valence electrons. The van der Waals surface area contributed by atoms with Crippen LogP contribution in [-0.4, -0.2) is 0 Å². The predicted molar refractivity (Wildman–Crippen MR) is 47.0 cm³/mol. The molecule has 2 rings (SSSR count). The molecule has 1 aliphatic carbocycles. The van der Waals surface area contributed by atoms with Crippen molar-refractivity contribution in [1.29, 1.82) is 0 Å². The standard InChI is InChI=1S/C11H7FN/c12-10-5-4-8-13(9-10)11-6-2-1-3-7-11/h2,4-9H/q+1. The third-order valence-corrected chi connectivity index (χ3v) is 1.70. The zero-order chi connectivity index (χ0) is 9.10. The van der Waals surface area contributed by atoms with Crippen LogP contribution in [0.25, 0.3) is 5.70 Å². The minimum absolute atomic E-state index is 0.254. The van der Waals surface area contributed by atoms with Gasteiger partial charge in [0.25, 0.3) is 0 Å². The van der Waals surface area contributed by atoms with E-state index in [-0.39, 0.29) is 5.82 Å². The molecule has 0 aliphatic heterocycles. The normalized spacial score (nSPS) is 13.2. The zero-order valence-corrected chi connectivity index (χ0v) is 6.87. The summed E-state index contributed by atoms with van der Waals surface area (Å²) in [4.78, 5) is 0. The van der Waals surface area contributed by atoms with Gasteiger partial charge in [-0.3, -0.25) is 0 Å². The van der Waals surface area contributed by atoms with E-state index in [0.717, 1.165) is 5.70 Å². The Morgan fingerprint density at radius 1 is 1.31 bits per heavy atom. The molecule has 0 amide bonds. The van der Waals surface area contributed by atoms with Gasteiger partial charge in [0.05, 0.1) is 6.08 Å². The molecule has 0 aromatic carbocycles. The first-order valence-electron chi connectivity index (χ1n) is 3.91. The minimum Gasteiger partial charge on any atom is -0.200 e. The van der Waals surface area contributed by atoms with Gasteiger partial charge in [-0.2, -0.15) is 4.57 Å². The molecular formula is C11H7FN+. The van der Waals surface area contributed by atoms with E-state index in [1.54, 1.807) is 29.0 Å². The summed E-state index contributed by atoms with van der Waals surface area (Å²) >= 11 is 0. The number of halogens is 1. The van der Waals surface area contributed by atoms with Gasteiger partial charge in [-0.1, -0.05) is 11.5 Å². The summed E-state index contributed by atoms with van der Waals surface area (Å²) in [6, 6.07) is 3.07. The Morgan fingerprint density at radius 3 is 2.92 bits per heavy atom. The third-order valence-electron chi connectivity index (χ3n) is 1.70. The Bertz CT molecular complexity index is 459. The van der Waals surface area contributed by atoms with Crippen LogP contribution in [0.15, 0.2) is 54.2 Å². The maximum atomic E-state index is 12.8. The van der Waals surface area contributed by atoms with E-state index in [0.29, 0.717) is 0 Å². The highest BCUT2D eigenvalue weighted by molar-refractivity contribution is 5.51. The first-order valence-corrected chi connectivity index (χ1v) is 3.91. The second kappa shape index (κ2) is 3.24. The van der Waals surface area contributed by atoms with Gasteiger partial charge in [-0.25, -0.2) is 4.39 Å². The summed E-state index contributed by atoms with van der Waals surface area (Å²) < 4.78 is 14.5. The number of pyridine rings is 1. The van der Waals surface area contributed by atoms with E-state index >= 15 is 0 Å². The molecule has 13 heavy (non-hydrogen) atoms. The number of aromatic nitrogens is 1. The van der Waals surface area contributed by atoms with Crippen molar-refractivity contribution in [2.24, 2.45) is 0 Å². The minimum atomic E-state index is -0.254. The van der Waals surface area contributed by atoms with Gasteiger partial charge in [0.1, 0.15) is 0 Å². The first-order chi connectivity index (χ1) is 6.36. The van der Waals surface area contributed by atoms with E-state index in [2.05, 4.69) is 11.5 Å². The van der Waals surface area contributed by atoms with Gasteiger partial charge in [0.2, 0.25) is 11.9 Å². The molecule has 0 saturated carbocycles. The van der Waals surface area contributed by atoms with Gasteiger partial charge in [-0.15, -0.1) is 0 Å². The zero-order valence-electron chi connectivity index (χ0n) is 6.87. The summed E-state index contributed by atoms with van der Waals surface area (Å²) in [6.07, 6.45) is 8.54. The smallest absolute Gasteiger partial charge is 0.200 e. The van der Waals surface area contributed by atoms with Crippen LogP contribution in [0.4, 0.5) is 4.39 Å². The summed E-state index contributed by atoms with van der Waals surface area (Å²) in [5, 5.41) is 0. The quantitative estimate of drug-likeness (QED) is 0.449. The molecule has 0 fully saturated rings. The molecule has 1 aliphatic rings. The van der Waals surface area contributed by atoms with E-state index in [1.165, 1.54) is 12.3 Å². The van der Waals surface area contributed by atoms with Gasteiger partial charge in [-0.05, 0) is 12.1 Å². The fraction of sp³-hybridized carbons (Fsp3) is 0. The Morgan fingerprint density at radius 2 is 2.23 bits per heavy atom. The molecule has 1 heterocycles. The van der Waals surface area contributed by atoms with E-state index in [9.17, 15) is 4.39 Å². The first kappa shape index (κ1) is 7.75. The van der Waals surface area contributed by atoms with Gasteiger partial charge >= 0.3 is 0 Å². The highest BCUT2D eigenvalue weighted by Gasteiger charge is 2.06. The molecule has 2 heteroatoms. The molecule has 1 nitrogen and oxygen atoms in total. The van der Waals surface area contributed by atoms with E-state index < -0.39 is 0 Å². The lowest BCUT2D eigenvalue weighted by molar-refractivity contribution is -0.580. The molecule has 0 atom stereocenters. The second-order valence-electron chi connectivity index (χ2n) is 2.62. The fourth-order valence-corrected chi connectivity index (χ4v) is 1.11. The second-order valence-corrected chi connectivity index (χ2v) is 2.62. The van der Waals surface area contributed by atoms with Gasteiger partial charge in [0.15, 0.2) is 12.0 Å². The van der Waals surface area contributed by atoms with Crippen LogP contribution in [0.1, 0.15) is 0 Å². The Hall–Kier alpha value is -1.88. The summed E-state index contributed by atoms with van der Waals surface area (Å²) in [7, 11) is 0. The molecule has 0 saturated heterocycles. The maximum Gasteiger partial charge on any atom is 0.219 e. The molecule has 0 unspecified atom stereocenters. The number of hydrogen-bond donors (Lipinski definition) is 0. The van der Waals surface area contributed by atoms with Crippen molar-refractivity contribution < 1.29 is 8.96 Å². The number of hydrogen-bond acceptors (Lipinski definition) is 0. The van der Waals surface area contributed by atoms with Crippen LogP contribution in [0.2, 0.25) is 0 Å². The van der Waals surface area contributed by atoms with Crippen LogP contribution >= 0.6 is 0 Å². The number of nitrogens with zero attached hydrogens (tertiary/aromatic N) is 1. The predicted octanol–water partition coefficient (Wildman–Crippen LogP) is 1.83. The van der Waals surface area contributed by atoms with Crippen molar-refractivity contribution in [3.8, 4) is 0 Å². The molecule has 0 bridgehead atoms.